The fraction of sp³-hybridized carbons (Fsp3) is 0.143. The first-order chi connectivity index (χ1) is 9.11. The largest absolute Gasteiger partial charge is 0.376 e. The van der Waals surface area contributed by atoms with E-state index in [2.05, 4.69) is 21.2 Å². The maximum atomic E-state index is 6.22. The molecule has 100 valence electrons. The Morgan fingerprint density at radius 1 is 1.16 bits per heavy atom. The van der Waals surface area contributed by atoms with Gasteiger partial charge in [0.15, 0.2) is 0 Å². The summed E-state index contributed by atoms with van der Waals surface area (Å²) < 4.78 is 0.985. The van der Waals surface area contributed by atoms with Crippen molar-refractivity contribution in [3.63, 3.8) is 0 Å². The van der Waals surface area contributed by atoms with E-state index in [1.54, 1.807) is 6.07 Å². The molecule has 19 heavy (non-hydrogen) atoms. The van der Waals surface area contributed by atoms with Crippen LogP contribution in [0.4, 0.5) is 5.69 Å². The molecule has 0 fully saturated rings. The van der Waals surface area contributed by atoms with E-state index in [4.69, 9.17) is 28.9 Å². The van der Waals surface area contributed by atoms with Crippen LogP contribution in [-0.4, -0.2) is 6.54 Å². The number of anilines is 1. The highest BCUT2D eigenvalue weighted by molar-refractivity contribution is 9.10. The quantitative estimate of drug-likeness (QED) is 0.817. The van der Waals surface area contributed by atoms with Crippen LogP contribution < -0.4 is 11.1 Å². The topological polar surface area (TPSA) is 38.0 Å². The summed E-state index contributed by atoms with van der Waals surface area (Å²) in [6, 6.07) is 13.2. The number of nitrogens with one attached hydrogen (secondary N) is 1. The number of nitrogens with two attached hydrogens (primary N) is 1. The summed E-state index contributed by atoms with van der Waals surface area (Å²) in [6.07, 6.45) is 0. The van der Waals surface area contributed by atoms with Gasteiger partial charge in [0.25, 0.3) is 0 Å². The van der Waals surface area contributed by atoms with Gasteiger partial charge in [-0.2, -0.15) is 0 Å². The molecule has 2 nitrogen and oxygen atoms in total. The van der Waals surface area contributed by atoms with Crippen molar-refractivity contribution in [2.45, 2.75) is 6.04 Å². The Balaban J connectivity index is 2.28. The van der Waals surface area contributed by atoms with Crippen LogP contribution in [0.5, 0.6) is 0 Å². The molecule has 0 aliphatic heterocycles. The number of hydrogen-bond acceptors (Lipinski definition) is 2. The Morgan fingerprint density at radius 3 is 2.53 bits per heavy atom. The Morgan fingerprint density at radius 2 is 1.89 bits per heavy atom. The molecule has 0 saturated carbocycles. The average Bonchev–Trinajstić information content (AvgIpc) is 2.39. The van der Waals surface area contributed by atoms with E-state index < -0.39 is 0 Å². The van der Waals surface area contributed by atoms with E-state index in [1.807, 2.05) is 36.4 Å². The lowest BCUT2D eigenvalue weighted by Gasteiger charge is -2.20. The highest BCUT2D eigenvalue weighted by Crippen LogP contribution is 2.30. The zero-order valence-electron chi connectivity index (χ0n) is 10.0. The van der Waals surface area contributed by atoms with Gasteiger partial charge in [0.05, 0.1) is 6.04 Å². The molecule has 0 saturated heterocycles. The van der Waals surface area contributed by atoms with Gasteiger partial charge >= 0.3 is 0 Å². The molecular weight excluding hydrogens is 347 g/mol. The Labute approximate surface area is 131 Å². The standard InChI is InChI=1S/C14H13BrCl2N2/c15-11-3-1-2-4-13(11)19-14(8-18)10-6-5-9(16)7-12(10)17/h1-7,14,19H,8,18H2. The van der Waals surface area contributed by atoms with Crippen LogP contribution in [0.2, 0.25) is 10.0 Å². The fourth-order valence-electron chi connectivity index (χ4n) is 1.81. The van der Waals surface area contributed by atoms with Gasteiger partial charge in [0, 0.05) is 26.8 Å². The maximum absolute atomic E-state index is 6.22. The first kappa shape index (κ1) is 14.7. The summed E-state index contributed by atoms with van der Waals surface area (Å²) in [5.41, 5.74) is 7.75. The molecule has 0 aliphatic carbocycles. The molecule has 0 amide bonds. The third-order valence-corrected chi connectivity index (χ3v) is 4.03. The van der Waals surface area contributed by atoms with Crippen LogP contribution in [0.3, 0.4) is 0 Å². The highest BCUT2D eigenvalue weighted by atomic mass is 79.9. The molecule has 5 heteroatoms. The lowest BCUT2D eigenvalue weighted by molar-refractivity contribution is 0.789. The minimum Gasteiger partial charge on any atom is -0.376 e. The van der Waals surface area contributed by atoms with Crippen LogP contribution in [0.25, 0.3) is 0 Å². The molecule has 0 spiro atoms. The SMILES string of the molecule is NCC(Nc1ccccc1Br)c1ccc(Cl)cc1Cl. The molecule has 0 heterocycles. The minimum absolute atomic E-state index is 0.0662. The predicted molar refractivity (Wildman–Crippen MR) is 86.0 cm³/mol. The van der Waals surface area contributed by atoms with Crippen LogP contribution in [0.1, 0.15) is 11.6 Å². The van der Waals surface area contributed by atoms with E-state index >= 15 is 0 Å². The first-order valence-corrected chi connectivity index (χ1v) is 7.33. The summed E-state index contributed by atoms with van der Waals surface area (Å²) in [5.74, 6) is 0. The van der Waals surface area contributed by atoms with E-state index in [-0.39, 0.29) is 6.04 Å². The van der Waals surface area contributed by atoms with E-state index in [9.17, 15) is 0 Å². The summed E-state index contributed by atoms with van der Waals surface area (Å²) in [4.78, 5) is 0. The third-order valence-electron chi connectivity index (χ3n) is 2.78. The Hall–Kier alpha value is -0.740. The molecule has 0 bridgehead atoms. The predicted octanol–water partition coefficient (Wildman–Crippen LogP) is 4.87. The van der Waals surface area contributed by atoms with Gasteiger partial charge in [-0.1, -0.05) is 41.4 Å². The van der Waals surface area contributed by atoms with Gasteiger partial charge < -0.3 is 11.1 Å². The van der Waals surface area contributed by atoms with Crippen LogP contribution >= 0.6 is 39.1 Å². The van der Waals surface area contributed by atoms with E-state index in [0.29, 0.717) is 16.6 Å². The first-order valence-electron chi connectivity index (χ1n) is 5.78. The van der Waals surface area contributed by atoms with Gasteiger partial charge in [0.1, 0.15) is 0 Å². The van der Waals surface area contributed by atoms with Crippen molar-refractivity contribution in [2.24, 2.45) is 5.73 Å². The number of halogens is 3. The normalized spacial score (nSPS) is 12.2. The smallest absolute Gasteiger partial charge is 0.0651 e. The number of rotatable bonds is 4. The second-order valence-electron chi connectivity index (χ2n) is 4.08. The fourth-order valence-corrected chi connectivity index (χ4v) is 2.75. The summed E-state index contributed by atoms with van der Waals surface area (Å²) >= 11 is 15.6. The number of para-hydroxylation sites is 1. The summed E-state index contributed by atoms with van der Waals surface area (Å²) in [7, 11) is 0. The van der Waals surface area contributed by atoms with Gasteiger partial charge in [0.2, 0.25) is 0 Å². The van der Waals surface area contributed by atoms with Gasteiger partial charge in [-0.05, 0) is 45.8 Å². The molecule has 0 aliphatic rings. The van der Waals surface area contributed by atoms with Crippen molar-refractivity contribution in [2.75, 3.05) is 11.9 Å². The van der Waals surface area contributed by atoms with Gasteiger partial charge in [-0.15, -0.1) is 0 Å². The molecule has 0 aromatic heterocycles. The van der Waals surface area contributed by atoms with Crippen LogP contribution in [-0.2, 0) is 0 Å². The van der Waals surface area contributed by atoms with Crippen LogP contribution in [0.15, 0.2) is 46.9 Å². The zero-order chi connectivity index (χ0) is 13.8. The second-order valence-corrected chi connectivity index (χ2v) is 5.78. The van der Waals surface area contributed by atoms with Gasteiger partial charge in [-0.25, -0.2) is 0 Å². The van der Waals surface area contributed by atoms with E-state index in [1.165, 1.54) is 0 Å². The monoisotopic (exact) mass is 358 g/mol. The minimum atomic E-state index is -0.0662. The number of benzene rings is 2. The van der Waals surface area contributed by atoms with Crippen molar-refractivity contribution in [3.05, 3.63) is 62.5 Å². The van der Waals surface area contributed by atoms with Crippen LogP contribution in [0, 0.1) is 0 Å². The third kappa shape index (κ3) is 3.63. The van der Waals surface area contributed by atoms with Crippen molar-refractivity contribution < 1.29 is 0 Å². The second kappa shape index (κ2) is 6.62. The average molecular weight is 360 g/mol. The van der Waals surface area contributed by atoms with Gasteiger partial charge in [-0.3, -0.25) is 0 Å². The number of hydrogen-bond donors (Lipinski definition) is 2. The Kier molecular flexibility index (Phi) is 5.11. The molecule has 2 aromatic carbocycles. The zero-order valence-corrected chi connectivity index (χ0v) is 13.1. The molecule has 0 radical (unpaired) electrons. The lowest BCUT2D eigenvalue weighted by Crippen LogP contribution is -2.21. The molecular formula is C14H13BrCl2N2. The summed E-state index contributed by atoms with van der Waals surface area (Å²) in [5, 5.41) is 4.60. The van der Waals surface area contributed by atoms with Crippen molar-refractivity contribution in [3.8, 4) is 0 Å². The molecule has 1 atom stereocenters. The summed E-state index contributed by atoms with van der Waals surface area (Å²) in [6.45, 7) is 0.433. The molecule has 2 rings (SSSR count). The Bertz CT molecular complexity index is 575. The molecule has 2 aromatic rings. The van der Waals surface area contributed by atoms with E-state index in [0.717, 1.165) is 15.7 Å². The molecule has 1 unspecified atom stereocenters. The molecule has 3 N–H and O–H groups in total. The van der Waals surface area contributed by atoms with Crippen molar-refractivity contribution in [1.82, 2.24) is 0 Å². The highest BCUT2D eigenvalue weighted by Gasteiger charge is 2.14. The lowest BCUT2D eigenvalue weighted by atomic mass is 10.1. The van der Waals surface area contributed by atoms with Crippen molar-refractivity contribution >= 4 is 44.8 Å². The maximum Gasteiger partial charge on any atom is 0.0651 e. The van der Waals surface area contributed by atoms with Crippen molar-refractivity contribution in [1.29, 1.82) is 0 Å².